The summed E-state index contributed by atoms with van der Waals surface area (Å²) in [6, 6.07) is 1.85. The highest BCUT2D eigenvalue weighted by molar-refractivity contribution is 6.35. The molecule has 0 saturated heterocycles. The van der Waals surface area contributed by atoms with Gasteiger partial charge in [0.1, 0.15) is 11.5 Å². The molecule has 0 spiro atoms. The summed E-state index contributed by atoms with van der Waals surface area (Å²) in [5.74, 6) is 0.348. The molecule has 1 rings (SSSR count). The molecule has 0 aromatic carbocycles. The van der Waals surface area contributed by atoms with E-state index in [1.807, 2.05) is 26.8 Å². The fraction of sp³-hybridized carbons (Fsp3) is 0.500. The number of rotatable bonds is 4. The van der Waals surface area contributed by atoms with Crippen LogP contribution in [0.25, 0.3) is 0 Å². The molecule has 17 heavy (non-hydrogen) atoms. The number of nitrogens with one attached hydrogen (secondary N) is 2. The lowest BCUT2D eigenvalue weighted by Crippen LogP contribution is -2.39. The summed E-state index contributed by atoms with van der Waals surface area (Å²) in [7, 11) is 0. The molecule has 0 aliphatic rings. The molecule has 0 fully saturated rings. The summed E-state index contributed by atoms with van der Waals surface area (Å²) in [6.07, 6.45) is 0.805. The molecule has 94 valence electrons. The van der Waals surface area contributed by atoms with Crippen LogP contribution in [0.3, 0.4) is 0 Å². The van der Waals surface area contributed by atoms with Crippen molar-refractivity contribution in [1.29, 1.82) is 0 Å². The number of carbonyl (C=O) groups excluding carboxylic acids is 2. The second kappa shape index (κ2) is 6.08. The van der Waals surface area contributed by atoms with Crippen LogP contribution < -0.4 is 10.6 Å². The zero-order valence-corrected chi connectivity index (χ0v) is 10.4. The van der Waals surface area contributed by atoms with Gasteiger partial charge in [-0.05, 0) is 26.3 Å². The Kier molecular flexibility index (Phi) is 4.75. The SMILES string of the molecule is CCCNC(=O)C(=O)NCc1cc(C)oc1C. The van der Waals surface area contributed by atoms with Gasteiger partial charge in [0.15, 0.2) is 0 Å². The van der Waals surface area contributed by atoms with E-state index in [4.69, 9.17) is 4.42 Å². The Morgan fingerprint density at radius 2 is 1.88 bits per heavy atom. The maximum Gasteiger partial charge on any atom is 0.309 e. The zero-order valence-electron chi connectivity index (χ0n) is 10.4. The number of hydrogen-bond acceptors (Lipinski definition) is 3. The Morgan fingerprint density at radius 3 is 2.41 bits per heavy atom. The van der Waals surface area contributed by atoms with Crippen LogP contribution in [0.5, 0.6) is 0 Å². The van der Waals surface area contributed by atoms with Crippen LogP contribution in [0.4, 0.5) is 0 Å². The minimum atomic E-state index is -0.614. The molecule has 0 radical (unpaired) electrons. The van der Waals surface area contributed by atoms with Gasteiger partial charge in [-0.25, -0.2) is 0 Å². The summed E-state index contributed by atoms with van der Waals surface area (Å²) in [5, 5.41) is 5.06. The fourth-order valence-electron chi connectivity index (χ4n) is 1.43. The van der Waals surface area contributed by atoms with Crippen LogP contribution in [0.1, 0.15) is 30.4 Å². The van der Waals surface area contributed by atoms with Crippen LogP contribution >= 0.6 is 0 Å². The van der Waals surface area contributed by atoms with E-state index in [0.29, 0.717) is 13.1 Å². The summed E-state index contributed by atoms with van der Waals surface area (Å²) in [4.78, 5) is 22.7. The van der Waals surface area contributed by atoms with Crippen molar-refractivity contribution >= 4 is 11.8 Å². The first kappa shape index (κ1) is 13.3. The lowest BCUT2D eigenvalue weighted by Gasteiger charge is -2.04. The Bertz CT molecular complexity index is 410. The summed E-state index contributed by atoms with van der Waals surface area (Å²) < 4.78 is 5.32. The highest BCUT2D eigenvalue weighted by Gasteiger charge is 2.13. The van der Waals surface area contributed by atoms with Gasteiger partial charge in [-0.3, -0.25) is 9.59 Å². The van der Waals surface area contributed by atoms with Gasteiger partial charge in [0.25, 0.3) is 0 Å². The molecular formula is C12H18N2O3. The van der Waals surface area contributed by atoms with Crippen molar-refractivity contribution in [3.05, 3.63) is 23.2 Å². The van der Waals surface area contributed by atoms with E-state index >= 15 is 0 Å². The predicted molar refractivity (Wildman–Crippen MR) is 63.3 cm³/mol. The van der Waals surface area contributed by atoms with Crippen LogP contribution in [-0.4, -0.2) is 18.4 Å². The van der Waals surface area contributed by atoms with Gasteiger partial charge in [-0.15, -0.1) is 0 Å². The number of furan rings is 1. The van der Waals surface area contributed by atoms with Crippen molar-refractivity contribution in [2.45, 2.75) is 33.7 Å². The molecule has 0 atom stereocenters. The van der Waals surface area contributed by atoms with E-state index in [0.717, 1.165) is 23.5 Å². The first-order valence-corrected chi connectivity index (χ1v) is 5.66. The first-order valence-electron chi connectivity index (χ1n) is 5.66. The molecule has 5 heteroatoms. The van der Waals surface area contributed by atoms with Crippen molar-refractivity contribution < 1.29 is 14.0 Å². The summed E-state index contributed by atoms with van der Waals surface area (Å²) in [5.41, 5.74) is 0.888. The van der Waals surface area contributed by atoms with Gasteiger partial charge >= 0.3 is 11.8 Å². The van der Waals surface area contributed by atoms with E-state index < -0.39 is 11.8 Å². The largest absolute Gasteiger partial charge is 0.466 e. The number of hydrogen-bond donors (Lipinski definition) is 2. The van der Waals surface area contributed by atoms with E-state index in [9.17, 15) is 9.59 Å². The second-order valence-corrected chi connectivity index (χ2v) is 3.88. The minimum absolute atomic E-state index is 0.307. The van der Waals surface area contributed by atoms with E-state index in [2.05, 4.69) is 10.6 Å². The average Bonchev–Trinajstić information content (AvgIpc) is 2.61. The van der Waals surface area contributed by atoms with Gasteiger partial charge in [0.2, 0.25) is 0 Å². The fourth-order valence-corrected chi connectivity index (χ4v) is 1.43. The van der Waals surface area contributed by atoms with E-state index in [1.54, 1.807) is 0 Å². The van der Waals surface area contributed by atoms with Crippen molar-refractivity contribution in [2.75, 3.05) is 6.54 Å². The van der Waals surface area contributed by atoms with Crippen LogP contribution in [0.15, 0.2) is 10.5 Å². The highest BCUT2D eigenvalue weighted by atomic mass is 16.3. The molecule has 0 aliphatic carbocycles. The third kappa shape index (κ3) is 3.94. The highest BCUT2D eigenvalue weighted by Crippen LogP contribution is 2.12. The minimum Gasteiger partial charge on any atom is -0.466 e. The topological polar surface area (TPSA) is 71.3 Å². The predicted octanol–water partition coefficient (Wildman–Crippen LogP) is 1.04. The molecule has 5 nitrogen and oxygen atoms in total. The quantitative estimate of drug-likeness (QED) is 0.770. The maximum atomic E-state index is 11.4. The Morgan fingerprint density at radius 1 is 1.24 bits per heavy atom. The van der Waals surface area contributed by atoms with E-state index in [-0.39, 0.29) is 0 Å². The molecule has 2 amide bonds. The molecule has 1 aromatic rings. The van der Waals surface area contributed by atoms with Gasteiger partial charge in [-0.1, -0.05) is 6.92 Å². The first-order chi connectivity index (χ1) is 8.04. The van der Waals surface area contributed by atoms with Crippen molar-refractivity contribution in [3.8, 4) is 0 Å². The average molecular weight is 238 g/mol. The molecule has 0 unspecified atom stereocenters. The van der Waals surface area contributed by atoms with Crippen molar-refractivity contribution in [2.24, 2.45) is 0 Å². The van der Waals surface area contributed by atoms with E-state index in [1.165, 1.54) is 0 Å². The lowest BCUT2D eigenvalue weighted by molar-refractivity contribution is -0.139. The number of carbonyl (C=O) groups is 2. The zero-order chi connectivity index (χ0) is 12.8. The van der Waals surface area contributed by atoms with Crippen molar-refractivity contribution in [3.63, 3.8) is 0 Å². The Labute approximate surface area is 101 Å². The molecule has 0 aliphatic heterocycles. The lowest BCUT2D eigenvalue weighted by atomic mass is 10.2. The third-order valence-electron chi connectivity index (χ3n) is 2.32. The summed E-state index contributed by atoms with van der Waals surface area (Å²) in [6.45, 7) is 6.41. The smallest absolute Gasteiger partial charge is 0.309 e. The molecule has 0 bridgehead atoms. The summed E-state index contributed by atoms with van der Waals surface area (Å²) >= 11 is 0. The second-order valence-electron chi connectivity index (χ2n) is 3.88. The molecule has 2 N–H and O–H groups in total. The van der Waals surface area contributed by atoms with Gasteiger partial charge in [0.05, 0.1) is 0 Å². The van der Waals surface area contributed by atoms with Crippen LogP contribution in [0.2, 0.25) is 0 Å². The van der Waals surface area contributed by atoms with Gasteiger partial charge in [0, 0.05) is 18.7 Å². The van der Waals surface area contributed by atoms with Crippen LogP contribution in [-0.2, 0) is 16.1 Å². The third-order valence-corrected chi connectivity index (χ3v) is 2.32. The number of aryl methyl sites for hydroxylation is 2. The van der Waals surface area contributed by atoms with Crippen molar-refractivity contribution in [1.82, 2.24) is 10.6 Å². The molecule has 1 aromatic heterocycles. The van der Waals surface area contributed by atoms with Gasteiger partial charge < -0.3 is 15.1 Å². The maximum absolute atomic E-state index is 11.4. The molecular weight excluding hydrogens is 220 g/mol. The molecule has 0 saturated carbocycles. The monoisotopic (exact) mass is 238 g/mol. The number of amides is 2. The Hall–Kier alpha value is -1.78. The normalized spacial score (nSPS) is 10.1. The molecule has 1 heterocycles. The van der Waals surface area contributed by atoms with Crippen LogP contribution in [0, 0.1) is 13.8 Å². The Balaban J connectivity index is 2.43. The standard InChI is InChI=1S/C12H18N2O3/c1-4-5-13-11(15)12(16)14-7-10-6-8(2)17-9(10)3/h6H,4-5,7H2,1-3H3,(H,13,15)(H,14,16). The van der Waals surface area contributed by atoms with Gasteiger partial charge in [-0.2, -0.15) is 0 Å².